The third-order valence-electron chi connectivity index (χ3n) is 4.00. The quantitative estimate of drug-likeness (QED) is 0.180. The van der Waals surface area contributed by atoms with Gasteiger partial charge in [0.1, 0.15) is 0 Å². The molecule has 2 aromatic heterocycles. The average Bonchev–Trinajstić information content (AvgIpc) is 3.33. The maximum Gasteiger partial charge on any atom is 2.00 e. The number of Topliss-reactive ketones (excluding diaryl/α,β-unsaturated/α-hetero) is 1. The molecule has 34 heavy (non-hydrogen) atoms. The molecule has 0 N–H and O–H groups in total. The first kappa shape index (κ1) is 36.0. The molecule has 0 atom stereocenters. The van der Waals surface area contributed by atoms with Gasteiger partial charge in [0, 0.05) is 14.0 Å². The van der Waals surface area contributed by atoms with Gasteiger partial charge in [0.05, 0.1) is 17.9 Å². The summed E-state index contributed by atoms with van der Waals surface area (Å²) in [5, 5.41) is 8.77. The van der Waals surface area contributed by atoms with E-state index in [0.717, 1.165) is 5.06 Å². The van der Waals surface area contributed by atoms with Crippen LogP contribution in [0.2, 0.25) is 0 Å². The molecule has 12 heteroatoms. The molecule has 0 aliphatic heterocycles. The maximum atomic E-state index is 13.3. The van der Waals surface area contributed by atoms with Crippen molar-refractivity contribution in [3.63, 3.8) is 0 Å². The van der Waals surface area contributed by atoms with E-state index in [2.05, 4.69) is 10.3 Å². The van der Waals surface area contributed by atoms with E-state index >= 15 is 0 Å². The summed E-state index contributed by atoms with van der Waals surface area (Å²) in [4.78, 5) is 27.4. The third kappa shape index (κ3) is 7.20. The summed E-state index contributed by atoms with van der Waals surface area (Å²) >= 11 is 0. The molecule has 0 spiro atoms. The van der Waals surface area contributed by atoms with Crippen LogP contribution >= 0.6 is 0 Å². The molecule has 4 rings (SSSR count). The first-order valence-electron chi connectivity index (χ1n) is 8.26. The number of benzene rings is 2. The molecule has 182 valence electrons. The van der Waals surface area contributed by atoms with Gasteiger partial charge < -0.3 is 28.9 Å². The smallest absolute Gasteiger partial charge is 1.00 e. The largest absolute Gasteiger partial charge is 2.00 e. The van der Waals surface area contributed by atoms with Crippen LogP contribution in [0.25, 0.3) is 21.9 Å². The first-order valence-corrected chi connectivity index (χ1v) is 8.26. The van der Waals surface area contributed by atoms with Crippen LogP contribution in [-0.4, -0.2) is 64.3 Å². The van der Waals surface area contributed by atoms with Crippen molar-refractivity contribution in [3.05, 3.63) is 66.8 Å². The van der Waals surface area contributed by atoms with E-state index in [4.69, 9.17) is 13.9 Å². The Morgan fingerprint density at radius 2 is 1.32 bits per heavy atom. The van der Waals surface area contributed by atoms with Crippen LogP contribution in [0.15, 0.2) is 45.4 Å². The van der Waals surface area contributed by atoms with E-state index in [9.17, 15) is 18.4 Å². The molecule has 0 saturated carbocycles. The van der Waals surface area contributed by atoms with E-state index in [1.54, 1.807) is 12.1 Å². The topological polar surface area (TPSA) is 98.7 Å². The number of hydrogen-bond acceptors (Lipinski definition) is 7. The molecule has 0 aliphatic rings. The Hall–Kier alpha value is -2.60. The number of halogens is 3. The summed E-state index contributed by atoms with van der Waals surface area (Å²) in [6, 6.07) is 8.66. The number of hydrogen-bond donors (Lipinski definition) is 0. The molecule has 0 aliphatic carbocycles. The molecule has 2 aromatic carbocycles. The summed E-state index contributed by atoms with van der Waals surface area (Å²) in [6.45, 7) is 1.36. The molecule has 2 heterocycles. The Morgan fingerprint density at radius 3 is 1.74 bits per heavy atom. The number of rotatable bonds is 3. The van der Waals surface area contributed by atoms with Crippen molar-refractivity contribution in [1.82, 2.24) is 15.4 Å². The number of para-hydroxylation sites is 2. The van der Waals surface area contributed by atoms with Gasteiger partial charge in [-0.15, -0.1) is 0 Å². The van der Waals surface area contributed by atoms with Gasteiger partial charge in [0.15, 0.2) is 28.8 Å². The minimum absolute atomic E-state index is 0. The Labute approximate surface area is 219 Å². The predicted octanol–water partition coefficient (Wildman–Crippen LogP) is 2.12. The second-order valence-electron chi connectivity index (χ2n) is 5.84. The molecule has 0 fully saturated rings. The average molecular weight is 510 g/mol. The number of nitrogens with zero attached hydrogens (tertiary/aromatic N) is 3. The minimum Gasteiger partial charge on any atom is -1.00 e. The Bertz CT molecular complexity index is 1220. The fourth-order valence-electron chi connectivity index (χ4n) is 2.50. The van der Waals surface area contributed by atoms with Gasteiger partial charge >= 0.3 is 23.1 Å². The molecule has 0 unspecified atom stereocenters. The SMILES string of the molecule is C.C.CC(=O)c1noc2c(F)cccc12.CON(C)C(=O)c1noc2c(F)cccc12.[CH3-].[Cl-].[Mg+2]. The summed E-state index contributed by atoms with van der Waals surface area (Å²) < 4.78 is 35.7. The van der Waals surface area contributed by atoms with Crippen molar-refractivity contribution >= 4 is 56.7 Å². The number of carbonyl (C=O) groups is 2. The second kappa shape index (κ2) is 15.3. The predicted molar refractivity (Wildman–Crippen MR) is 123 cm³/mol. The van der Waals surface area contributed by atoms with Gasteiger partial charge in [-0.1, -0.05) is 37.3 Å². The van der Waals surface area contributed by atoms with Gasteiger partial charge in [-0.3, -0.25) is 14.4 Å². The Morgan fingerprint density at radius 1 is 0.912 bits per heavy atom. The molecule has 0 bridgehead atoms. The van der Waals surface area contributed by atoms with Crippen molar-refractivity contribution in [1.29, 1.82) is 0 Å². The van der Waals surface area contributed by atoms with Crippen molar-refractivity contribution in [3.8, 4) is 0 Å². The monoisotopic (exact) mass is 509 g/mol. The number of amides is 1. The maximum absolute atomic E-state index is 13.3. The van der Waals surface area contributed by atoms with Crippen LogP contribution in [0, 0.1) is 19.1 Å². The van der Waals surface area contributed by atoms with Gasteiger partial charge in [0.25, 0.3) is 5.91 Å². The zero-order valence-corrected chi connectivity index (χ0v) is 19.9. The number of hydroxylamine groups is 2. The van der Waals surface area contributed by atoms with Crippen molar-refractivity contribution in [2.75, 3.05) is 14.2 Å². The number of carbonyl (C=O) groups excluding carboxylic acids is 2. The zero-order valence-electron chi connectivity index (χ0n) is 17.7. The molecule has 0 saturated heterocycles. The fourth-order valence-corrected chi connectivity index (χ4v) is 2.50. The Kier molecular flexibility index (Phi) is 16.2. The molecule has 0 radical (unpaired) electrons. The van der Waals surface area contributed by atoms with Crippen molar-refractivity contribution in [2.45, 2.75) is 21.8 Å². The standard InChI is InChI=1S/C10H9FN2O3.C9H6FNO2.2CH4.CH3.ClH.Mg/c1-13(15-2)10(14)8-6-4-3-5-7(11)9(6)16-12-8;1-5(12)8-6-3-2-4-7(10)9(6)13-11-8;;;;;/h3-5H,1-2H3;2-4H,1H3;2*1H4;1H3;1H;/q;;;;-1;;+2/p-1. The summed E-state index contributed by atoms with van der Waals surface area (Å²) in [6.07, 6.45) is 0. The number of aromatic nitrogens is 2. The summed E-state index contributed by atoms with van der Waals surface area (Å²) in [5.74, 6) is -1.78. The zero-order chi connectivity index (χ0) is 21.1. The summed E-state index contributed by atoms with van der Waals surface area (Å²) in [7, 11) is 2.78. The second-order valence-corrected chi connectivity index (χ2v) is 5.84. The van der Waals surface area contributed by atoms with Crippen LogP contribution in [0.3, 0.4) is 0 Å². The number of ketones is 1. The minimum atomic E-state index is -0.552. The molecule has 1 amide bonds. The van der Waals surface area contributed by atoms with E-state index in [-0.39, 0.29) is 86.1 Å². The van der Waals surface area contributed by atoms with Crippen LogP contribution in [-0.2, 0) is 4.84 Å². The number of fused-ring (bicyclic) bond motifs is 2. The van der Waals surface area contributed by atoms with E-state index in [1.807, 2.05) is 0 Å². The van der Waals surface area contributed by atoms with Crippen LogP contribution in [0.1, 0.15) is 42.8 Å². The molecule has 4 aromatic rings. The van der Waals surface area contributed by atoms with Crippen molar-refractivity contribution < 1.29 is 44.7 Å². The summed E-state index contributed by atoms with van der Waals surface area (Å²) in [5.41, 5.74) is 0.205. The van der Waals surface area contributed by atoms with Gasteiger partial charge in [0.2, 0.25) is 11.2 Å². The van der Waals surface area contributed by atoms with Crippen LogP contribution < -0.4 is 12.4 Å². The first-order chi connectivity index (χ1) is 13.8. The third-order valence-corrected chi connectivity index (χ3v) is 4.00. The van der Waals surface area contributed by atoms with Gasteiger partial charge in [-0.05, 0) is 24.3 Å². The van der Waals surface area contributed by atoms with E-state index in [1.165, 1.54) is 45.3 Å². The van der Waals surface area contributed by atoms with Gasteiger partial charge in [-0.2, -0.15) is 0 Å². The fraction of sp³-hybridized carbons (Fsp3) is 0.227. The van der Waals surface area contributed by atoms with Crippen molar-refractivity contribution in [2.24, 2.45) is 0 Å². The molecule has 8 nitrogen and oxygen atoms in total. The van der Waals surface area contributed by atoms with E-state index < -0.39 is 17.5 Å². The van der Waals surface area contributed by atoms with Crippen LogP contribution in [0.4, 0.5) is 8.78 Å². The van der Waals surface area contributed by atoms with E-state index in [0.29, 0.717) is 10.8 Å². The van der Waals surface area contributed by atoms with Crippen LogP contribution in [0.5, 0.6) is 0 Å². The molecular weight excluding hydrogens is 484 g/mol. The van der Waals surface area contributed by atoms with Gasteiger partial charge in [-0.25, -0.2) is 13.8 Å². The molecular formula is C22H26ClF2MgN3O5. The Balaban J connectivity index is -0.000000499. The normalized spacial score (nSPS) is 9.09.